The molecule has 208 valence electrons. The molecular formula is C25H23ClN5O8P. The van der Waals surface area contributed by atoms with Gasteiger partial charge in [-0.2, -0.15) is 4.98 Å². The number of nitrogens with two attached hydrogens (primary N) is 1. The van der Waals surface area contributed by atoms with E-state index in [0.29, 0.717) is 16.1 Å². The van der Waals surface area contributed by atoms with Crippen molar-refractivity contribution in [2.75, 3.05) is 18.7 Å². The van der Waals surface area contributed by atoms with Crippen LogP contribution in [0.4, 0.5) is 5.95 Å². The summed E-state index contributed by atoms with van der Waals surface area (Å²) in [6.45, 7) is -0.205. The van der Waals surface area contributed by atoms with Gasteiger partial charge in [-0.15, -0.1) is 0 Å². The number of halogens is 1. The maximum Gasteiger partial charge on any atom is 0.519 e. The highest BCUT2D eigenvalue weighted by atomic mass is 35.5. The molecule has 0 fully saturated rings. The lowest BCUT2D eigenvalue weighted by atomic mass is 10.1. The number of nitrogens with zero attached hydrogens (tertiary/aromatic N) is 3. The van der Waals surface area contributed by atoms with E-state index >= 15 is 0 Å². The van der Waals surface area contributed by atoms with Gasteiger partial charge in [-0.25, -0.2) is 9.78 Å². The number of nitrogens with one attached hydrogen (secondary N) is 1. The molecule has 0 saturated heterocycles. The maximum atomic E-state index is 13.7. The minimum absolute atomic E-state index is 0.0431. The third kappa shape index (κ3) is 6.58. The normalized spacial score (nSPS) is 13.0. The van der Waals surface area contributed by atoms with Crippen molar-refractivity contribution in [3.05, 3.63) is 98.2 Å². The Bertz CT molecular complexity index is 1780. The Balaban J connectivity index is 1.29. The molecule has 3 aromatic heterocycles. The highest BCUT2D eigenvalue weighted by Gasteiger charge is 2.28. The van der Waals surface area contributed by atoms with E-state index in [9.17, 15) is 14.2 Å². The maximum absolute atomic E-state index is 13.7. The van der Waals surface area contributed by atoms with Crippen molar-refractivity contribution in [3.8, 4) is 11.3 Å². The van der Waals surface area contributed by atoms with Crippen molar-refractivity contribution in [2.24, 2.45) is 0 Å². The summed E-state index contributed by atoms with van der Waals surface area (Å²) < 4.78 is 42.6. The van der Waals surface area contributed by atoms with Crippen LogP contribution in [0, 0.1) is 0 Å². The number of H-pyrrole nitrogens is 1. The van der Waals surface area contributed by atoms with E-state index < -0.39 is 25.3 Å². The molecule has 40 heavy (non-hydrogen) atoms. The minimum atomic E-state index is -3.92. The van der Waals surface area contributed by atoms with Crippen LogP contribution in [0.15, 0.2) is 79.3 Å². The van der Waals surface area contributed by atoms with Gasteiger partial charge in [0.05, 0.1) is 19.5 Å². The number of aromatic nitrogens is 4. The monoisotopic (exact) mass is 587 g/mol. The lowest BCUT2D eigenvalue weighted by molar-refractivity contribution is 0.114. The first-order valence-electron chi connectivity index (χ1n) is 11.9. The standard InChI is InChI=1S/C25H23ClN5O8P/c26-18-8-4-5-16(11-18)12-36-40(34,37-13-19-21(39-25(33)38-19)17-6-2-1-3-7-17)15-35-10-9-31-14-28-20-22(31)29-24(27)30-23(20)32/h1-8,11,14H,9-10,12-13,15H2,(H3,27,29,30,32). The number of aromatic amines is 1. The number of hydrogen-bond donors (Lipinski definition) is 2. The molecule has 15 heteroatoms. The van der Waals surface area contributed by atoms with Crippen LogP contribution in [0.1, 0.15) is 11.3 Å². The van der Waals surface area contributed by atoms with E-state index in [-0.39, 0.29) is 55.0 Å². The number of nitrogen functional groups attached to an aromatic ring is 1. The minimum Gasteiger partial charge on any atom is -0.393 e. The fraction of sp³-hybridized carbons (Fsp3) is 0.200. The lowest BCUT2D eigenvalue weighted by Crippen LogP contribution is -2.13. The van der Waals surface area contributed by atoms with Gasteiger partial charge >= 0.3 is 13.4 Å². The van der Waals surface area contributed by atoms with Crippen molar-refractivity contribution < 1.29 is 27.2 Å². The molecule has 0 aliphatic rings. The first-order chi connectivity index (χ1) is 19.3. The van der Waals surface area contributed by atoms with Gasteiger partial charge in [0.2, 0.25) is 5.95 Å². The molecule has 3 heterocycles. The third-order valence-corrected chi connectivity index (χ3v) is 7.39. The zero-order valence-corrected chi connectivity index (χ0v) is 22.5. The van der Waals surface area contributed by atoms with Crippen LogP contribution in [0.25, 0.3) is 22.5 Å². The molecule has 0 spiro atoms. The van der Waals surface area contributed by atoms with Gasteiger partial charge in [0, 0.05) is 17.1 Å². The molecule has 0 amide bonds. The Hall–Kier alpha value is -4.00. The quantitative estimate of drug-likeness (QED) is 0.158. The predicted molar refractivity (Wildman–Crippen MR) is 145 cm³/mol. The van der Waals surface area contributed by atoms with E-state index in [1.54, 1.807) is 53.1 Å². The zero-order valence-electron chi connectivity index (χ0n) is 20.8. The number of imidazole rings is 1. The van der Waals surface area contributed by atoms with Crippen LogP contribution in [0.3, 0.4) is 0 Å². The molecule has 5 rings (SSSR count). The molecule has 0 aliphatic carbocycles. The number of benzene rings is 2. The SMILES string of the molecule is Nc1nc2c(ncn2CCOCP(=O)(OCc2cccc(Cl)c2)OCc2oc(=O)oc2-c2ccccc2)c(=O)[nH]1. The van der Waals surface area contributed by atoms with Crippen molar-refractivity contribution in [1.82, 2.24) is 19.5 Å². The molecule has 2 aromatic carbocycles. The largest absolute Gasteiger partial charge is 0.519 e. The summed E-state index contributed by atoms with van der Waals surface area (Å²) in [6, 6.07) is 15.7. The highest BCUT2D eigenvalue weighted by molar-refractivity contribution is 7.53. The van der Waals surface area contributed by atoms with Gasteiger partial charge in [-0.3, -0.25) is 18.9 Å². The second kappa shape index (κ2) is 12.0. The second-order valence-electron chi connectivity index (χ2n) is 8.46. The van der Waals surface area contributed by atoms with E-state index in [4.69, 9.17) is 40.0 Å². The molecule has 1 unspecified atom stereocenters. The first-order valence-corrected chi connectivity index (χ1v) is 14.0. The summed E-state index contributed by atoms with van der Waals surface area (Å²) in [7, 11) is -3.92. The molecule has 3 N–H and O–H groups in total. The smallest absolute Gasteiger partial charge is 0.393 e. The molecule has 5 aromatic rings. The number of anilines is 1. The summed E-state index contributed by atoms with van der Waals surface area (Å²) >= 11 is 6.05. The Morgan fingerprint density at radius 1 is 1.05 bits per heavy atom. The van der Waals surface area contributed by atoms with E-state index in [2.05, 4.69) is 15.0 Å². The van der Waals surface area contributed by atoms with E-state index in [1.165, 1.54) is 6.33 Å². The van der Waals surface area contributed by atoms with Crippen molar-refractivity contribution in [1.29, 1.82) is 0 Å². The predicted octanol–water partition coefficient (Wildman–Crippen LogP) is 4.17. The van der Waals surface area contributed by atoms with Crippen LogP contribution in [0.2, 0.25) is 5.02 Å². The second-order valence-corrected chi connectivity index (χ2v) is 10.9. The van der Waals surface area contributed by atoms with Gasteiger partial charge in [0.1, 0.15) is 13.0 Å². The number of ether oxygens (including phenoxy) is 1. The summed E-state index contributed by atoms with van der Waals surface area (Å²) in [5.41, 5.74) is 6.83. The molecule has 0 aliphatic heterocycles. The van der Waals surface area contributed by atoms with Crippen molar-refractivity contribution >= 4 is 36.3 Å². The summed E-state index contributed by atoms with van der Waals surface area (Å²) in [5.74, 6) is -0.777. The fourth-order valence-electron chi connectivity index (χ4n) is 3.75. The number of hydrogen-bond acceptors (Lipinski definition) is 11. The highest BCUT2D eigenvalue weighted by Crippen LogP contribution is 2.50. The van der Waals surface area contributed by atoms with Gasteiger partial charge in [-0.1, -0.05) is 54.1 Å². The van der Waals surface area contributed by atoms with E-state index in [1.807, 2.05) is 6.07 Å². The Morgan fingerprint density at radius 2 is 1.85 bits per heavy atom. The van der Waals surface area contributed by atoms with Gasteiger partial charge in [-0.05, 0) is 17.7 Å². The number of rotatable bonds is 12. The van der Waals surface area contributed by atoms with Crippen molar-refractivity contribution in [2.45, 2.75) is 19.8 Å². The topological polar surface area (TPSA) is 178 Å². The Kier molecular flexibility index (Phi) is 8.29. The van der Waals surface area contributed by atoms with Crippen LogP contribution >= 0.6 is 19.2 Å². The fourth-order valence-corrected chi connectivity index (χ4v) is 5.20. The summed E-state index contributed by atoms with van der Waals surface area (Å²) in [5, 5.41) is 0.487. The van der Waals surface area contributed by atoms with Crippen LogP contribution < -0.4 is 17.1 Å². The average Bonchev–Trinajstić information content (AvgIpc) is 3.52. The van der Waals surface area contributed by atoms with Crippen LogP contribution in [-0.2, 0) is 38.1 Å². The van der Waals surface area contributed by atoms with Crippen LogP contribution in [0.5, 0.6) is 0 Å². The molecule has 0 radical (unpaired) electrons. The zero-order chi connectivity index (χ0) is 28.1. The first kappa shape index (κ1) is 27.6. The third-order valence-electron chi connectivity index (χ3n) is 5.61. The number of fused-ring (bicyclic) bond motifs is 1. The molecule has 1 atom stereocenters. The molecule has 13 nitrogen and oxygen atoms in total. The lowest BCUT2D eigenvalue weighted by Gasteiger charge is -2.18. The van der Waals surface area contributed by atoms with Gasteiger partial charge < -0.3 is 28.4 Å². The molecule has 0 bridgehead atoms. The Labute approximate surface area is 231 Å². The summed E-state index contributed by atoms with van der Waals surface area (Å²) in [4.78, 5) is 34.4. The average molecular weight is 588 g/mol. The molecule has 0 saturated carbocycles. The Morgan fingerprint density at radius 3 is 2.65 bits per heavy atom. The van der Waals surface area contributed by atoms with Crippen LogP contribution in [-0.4, -0.2) is 32.5 Å². The molecular weight excluding hydrogens is 565 g/mol. The van der Waals surface area contributed by atoms with Gasteiger partial charge in [0.15, 0.2) is 22.7 Å². The van der Waals surface area contributed by atoms with E-state index in [0.717, 1.165) is 0 Å². The van der Waals surface area contributed by atoms with Crippen molar-refractivity contribution in [3.63, 3.8) is 0 Å². The van der Waals surface area contributed by atoms with Gasteiger partial charge in [0.25, 0.3) is 5.56 Å². The summed E-state index contributed by atoms with van der Waals surface area (Å²) in [6.07, 6.45) is 0.993.